The maximum atomic E-state index is 4.80. The van der Waals surface area contributed by atoms with Gasteiger partial charge in [0.25, 0.3) is 0 Å². The number of hydrogen-bond donors (Lipinski definition) is 0. The van der Waals surface area contributed by atoms with Crippen molar-refractivity contribution in [3.8, 4) is 0 Å². The third-order valence-electron chi connectivity index (χ3n) is 4.95. The summed E-state index contributed by atoms with van der Waals surface area (Å²) in [6.45, 7) is 6.62. The number of benzene rings is 2. The number of fused-ring (bicyclic) bond motifs is 2. The van der Waals surface area contributed by atoms with Gasteiger partial charge in [0.05, 0.1) is 22.2 Å². The third-order valence-corrected chi connectivity index (χ3v) is 4.95. The lowest BCUT2D eigenvalue weighted by Crippen LogP contribution is -2.02. The first kappa shape index (κ1) is 16.6. The summed E-state index contributed by atoms with van der Waals surface area (Å²) < 4.78 is 0. The number of hydrogen-bond acceptors (Lipinski definition) is 3. The molecule has 4 rings (SSSR count). The maximum Gasteiger partial charge on any atom is 0.0890 e. The van der Waals surface area contributed by atoms with E-state index in [0.717, 1.165) is 28.7 Å². The molecule has 0 amide bonds. The molecule has 0 fully saturated rings. The summed E-state index contributed by atoms with van der Waals surface area (Å²) in [7, 11) is 0. The number of para-hydroxylation sites is 2. The molecule has 0 unspecified atom stereocenters. The molecule has 0 saturated carbocycles. The van der Waals surface area contributed by atoms with Crippen LogP contribution in [-0.4, -0.2) is 15.0 Å². The molecule has 4 aromatic rings. The Labute approximate surface area is 154 Å². The highest BCUT2D eigenvalue weighted by Crippen LogP contribution is 2.24. The Bertz CT molecular complexity index is 1070. The highest BCUT2D eigenvalue weighted by molar-refractivity contribution is 5.80. The topological polar surface area (TPSA) is 38.7 Å². The van der Waals surface area contributed by atoms with Gasteiger partial charge in [0.1, 0.15) is 0 Å². The SMILES string of the molecule is CC(C)c1cnc2ccc(C[C@H](C)c3cnc4ccccc4n3)cc2c1. The average Bonchev–Trinajstić information content (AvgIpc) is 2.67. The standard InChI is InChI=1S/C23H23N3/c1-15(2)19-12-18-11-17(8-9-20(18)24-13-19)10-16(3)23-14-25-21-6-4-5-7-22(21)26-23/h4-9,11-16H,10H2,1-3H3/t16-/m0/s1. The van der Waals surface area contributed by atoms with Crippen molar-refractivity contribution >= 4 is 21.9 Å². The Balaban J connectivity index is 1.62. The molecular weight excluding hydrogens is 318 g/mol. The molecule has 0 aliphatic rings. The lowest BCUT2D eigenvalue weighted by atomic mass is 9.96. The third kappa shape index (κ3) is 3.30. The molecular formula is C23H23N3. The zero-order chi connectivity index (χ0) is 18.1. The monoisotopic (exact) mass is 341 g/mol. The summed E-state index contributed by atoms with van der Waals surface area (Å²) in [5.74, 6) is 0.799. The van der Waals surface area contributed by atoms with Crippen molar-refractivity contribution in [1.29, 1.82) is 0 Å². The summed E-state index contributed by atoms with van der Waals surface area (Å²) >= 11 is 0. The molecule has 0 bridgehead atoms. The normalized spacial score (nSPS) is 12.8. The Hall–Kier alpha value is -2.81. The predicted octanol–water partition coefficient (Wildman–Crippen LogP) is 5.65. The fraction of sp³-hybridized carbons (Fsp3) is 0.261. The molecule has 2 aromatic carbocycles. The van der Waals surface area contributed by atoms with E-state index in [1.165, 1.54) is 16.5 Å². The van der Waals surface area contributed by atoms with E-state index in [9.17, 15) is 0 Å². The molecule has 3 nitrogen and oxygen atoms in total. The molecule has 0 radical (unpaired) electrons. The van der Waals surface area contributed by atoms with Crippen LogP contribution in [0.2, 0.25) is 0 Å². The van der Waals surface area contributed by atoms with Gasteiger partial charge < -0.3 is 0 Å². The Morgan fingerprint density at radius 2 is 1.58 bits per heavy atom. The van der Waals surface area contributed by atoms with E-state index < -0.39 is 0 Å². The van der Waals surface area contributed by atoms with Gasteiger partial charge in [0, 0.05) is 23.7 Å². The second-order valence-electron chi connectivity index (χ2n) is 7.34. The van der Waals surface area contributed by atoms with Crippen molar-refractivity contribution in [3.63, 3.8) is 0 Å². The Morgan fingerprint density at radius 1 is 0.808 bits per heavy atom. The number of aromatic nitrogens is 3. The smallest absolute Gasteiger partial charge is 0.0890 e. The van der Waals surface area contributed by atoms with Gasteiger partial charge in [0.2, 0.25) is 0 Å². The van der Waals surface area contributed by atoms with Crippen LogP contribution in [-0.2, 0) is 6.42 Å². The molecule has 0 aliphatic carbocycles. The molecule has 0 N–H and O–H groups in total. The van der Waals surface area contributed by atoms with E-state index in [4.69, 9.17) is 4.98 Å². The van der Waals surface area contributed by atoms with Gasteiger partial charge in [-0.05, 0) is 53.8 Å². The fourth-order valence-corrected chi connectivity index (χ4v) is 3.31. The zero-order valence-electron chi connectivity index (χ0n) is 15.5. The van der Waals surface area contributed by atoms with Crippen LogP contribution in [0.3, 0.4) is 0 Å². The maximum absolute atomic E-state index is 4.80. The van der Waals surface area contributed by atoms with E-state index in [1.807, 2.05) is 36.7 Å². The van der Waals surface area contributed by atoms with Crippen LogP contribution in [0.15, 0.2) is 60.9 Å². The summed E-state index contributed by atoms with van der Waals surface area (Å²) in [5, 5.41) is 1.21. The van der Waals surface area contributed by atoms with Crippen molar-refractivity contribution in [1.82, 2.24) is 15.0 Å². The van der Waals surface area contributed by atoms with Gasteiger partial charge >= 0.3 is 0 Å². The Morgan fingerprint density at radius 3 is 2.38 bits per heavy atom. The van der Waals surface area contributed by atoms with Gasteiger partial charge in [0.15, 0.2) is 0 Å². The number of nitrogens with zero attached hydrogens (tertiary/aromatic N) is 3. The highest BCUT2D eigenvalue weighted by Gasteiger charge is 2.11. The van der Waals surface area contributed by atoms with E-state index in [0.29, 0.717) is 11.8 Å². The number of pyridine rings is 1. The molecule has 2 aromatic heterocycles. The lowest BCUT2D eigenvalue weighted by molar-refractivity contribution is 0.731. The minimum atomic E-state index is 0.311. The first-order chi connectivity index (χ1) is 12.6. The van der Waals surface area contributed by atoms with Crippen LogP contribution in [0.25, 0.3) is 21.9 Å². The van der Waals surface area contributed by atoms with Crippen molar-refractivity contribution in [2.24, 2.45) is 0 Å². The van der Waals surface area contributed by atoms with Crippen LogP contribution < -0.4 is 0 Å². The molecule has 3 heteroatoms. The average molecular weight is 341 g/mol. The summed E-state index contributed by atoms with van der Waals surface area (Å²) in [5.41, 5.74) is 6.59. The van der Waals surface area contributed by atoms with Crippen LogP contribution in [0.1, 0.15) is 49.4 Å². The minimum absolute atomic E-state index is 0.311. The number of rotatable bonds is 4. The summed E-state index contributed by atoms with van der Waals surface area (Å²) in [4.78, 5) is 13.9. The van der Waals surface area contributed by atoms with Crippen LogP contribution in [0, 0.1) is 0 Å². The first-order valence-corrected chi connectivity index (χ1v) is 9.20. The van der Waals surface area contributed by atoms with Gasteiger partial charge in [-0.15, -0.1) is 0 Å². The minimum Gasteiger partial charge on any atom is -0.256 e. The Kier molecular flexibility index (Phi) is 4.37. The molecule has 0 aliphatic heterocycles. The van der Waals surface area contributed by atoms with E-state index >= 15 is 0 Å². The lowest BCUT2D eigenvalue weighted by Gasteiger charge is -2.13. The predicted molar refractivity (Wildman–Crippen MR) is 107 cm³/mol. The quantitative estimate of drug-likeness (QED) is 0.481. The first-order valence-electron chi connectivity index (χ1n) is 9.20. The molecule has 2 heterocycles. The highest BCUT2D eigenvalue weighted by atomic mass is 14.8. The van der Waals surface area contributed by atoms with Gasteiger partial charge in [-0.3, -0.25) is 9.97 Å². The van der Waals surface area contributed by atoms with E-state index in [-0.39, 0.29) is 0 Å². The largest absolute Gasteiger partial charge is 0.256 e. The van der Waals surface area contributed by atoms with Crippen LogP contribution in [0.5, 0.6) is 0 Å². The molecule has 1 atom stereocenters. The molecule has 0 saturated heterocycles. The van der Waals surface area contributed by atoms with Crippen molar-refractivity contribution < 1.29 is 0 Å². The summed E-state index contributed by atoms with van der Waals surface area (Å²) in [6.07, 6.45) is 4.83. The molecule has 130 valence electrons. The van der Waals surface area contributed by atoms with Gasteiger partial charge in [-0.2, -0.15) is 0 Å². The fourth-order valence-electron chi connectivity index (χ4n) is 3.31. The molecule has 26 heavy (non-hydrogen) atoms. The van der Waals surface area contributed by atoms with E-state index in [2.05, 4.69) is 55.0 Å². The summed E-state index contributed by atoms with van der Waals surface area (Å²) in [6, 6.07) is 16.8. The zero-order valence-corrected chi connectivity index (χ0v) is 15.5. The van der Waals surface area contributed by atoms with Crippen molar-refractivity contribution in [2.75, 3.05) is 0 Å². The van der Waals surface area contributed by atoms with Gasteiger partial charge in [-0.1, -0.05) is 39.0 Å². The van der Waals surface area contributed by atoms with Crippen molar-refractivity contribution in [3.05, 3.63) is 77.7 Å². The van der Waals surface area contributed by atoms with Crippen LogP contribution >= 0.6 is 0 Å². The second-order valence-corrected chi connectivity index (χ2v) is 7.34. The second kappa shape index (κ2) is 6.83. The van der Waals surface area contributed by atoms with Crippen LogP contribution in [0.4, 0.5) is 0 Å². The van der Waals surface area contributed by atoms with Crippen molar-refractivity contribution in [2.45, 2.75) is 39.0 Å². The van der Waals surface area contributed by atoms with E-state index in [1.54, 1.807) is 0 Å². The van der Waals surface area contributed by atoms with Gasteiger partial charge in [-0.25, -0.2) is 4.98 Å². The molecule has 0 spiro atoms.